The Morgan fingerprint density at radius 3 is 2.46 bits per heavy atom. The average molecular weight is 336 g/mol. The van der Waals surface area contributed by atoms with Crippen molar-refractivity contribution >= 4 is 22.5 Å². The molecule has 0 aliphatic rings. The van der Waals surface area contributed by atoms with E-state index in [0.29, 0.717) is 17.2 Å². The van der Waals surface area contributed by atoms with Gasteiger partial charge in [0.25, 0.3) is 0 Å². The first kappa shape index (κ1) is 15.8. The Bertz CT molecular complexity index is 1130. The van der Waals surface area contributed by atoms with Crippen molar-refractivity contribution in [3.05, 3.63) is 83.9 Å². The van der Waals surface area contributed by atoms with Gasteiger partial charge in [0, 0.05) is 10.9 Å². The average Bonchev–Trinajstić information content (AvgIpc) is 2.69. The van der Waals surface area contributed by atoms with Gasteiger partial charge in [-0.2, -0.15) is 5.26 Å². The summed E-state index contributed by atoms with van der Waals surface area (Å²) in [6.45, 7) is 2.06. The molecule has 4 heteroatoms. The molecule has 0 unspecified atom stereocenters. The summed E-state index contributed by atoms with van der Waals surface area (Å²) in [4.78, 5) is 9.39. The van der Waals surface area contributed by atoms with Gasteiger partial charge in [0.05, 0.1) is 22.5 Å². The van der Waals surface area contributed by atoms with Crippen molar-refractivity contribution in [2.75, 3.05) is 5.32 Å². The Kier molecular flexibility index (Phi) is 4.04. The van der Waals surface area contributed by atoms with Gasteiger partial charge in [-0.25, -0.2) is 9.97 Å². The van der Waals surface area contributed by atoms with E-state index < -0.39 is 0 Å². The second-order valence-electron chi connectivity index (χ2n) is 6.06. The fourth-order valence-electron chi connectivity index (χ4n) is 2.92. The third kappa shape index (κ3) is 2.99. The van der Waals surface area contributed by atoms with E-state index in [-0.39, 0.29) is 0 Å². The van der Waals surface area contributed by atoms with E-state index in [4.69, 9.17) is 4.98 Å². The molecule has 4 nitrogen and oxygen atoms in total. The van der Waals surface area contributed by atoms with Crippen molar-refractivity contribution in [1.29, 1.82) is 5.26 Å². The van der Waals surface area contributed by atoms with E-state index in [1.165, 1.54) is 0 Å². The van der Waals surface area contributed by atoms with Crippen molar-refractivity contribution < 1.29 is 0 Å². The zero-order chi connectivity index (χ0) is 17.9. The van der Waals surface area contributed by atoms with Crippen LogP contribution >= 0.6 is 0 Å². The van der Waals surface area contributed by atoms with Gasteiger partial charge in [0.15, 0.2) is 0 Å². The molecule has 0 spiro atoms. The summed E-state index contributed by atoms with van der Waals surface area (Å²) in [5, 5.41) is 13.5. The Hall–Kier alpha value is -3.71. The Labute approximate surface area is 151 Å². The lowest BCUT2D eigenvalue weighted by Gasteiger charge is -2.12. The van der Waals surface area contributed by atoms with Crippen LogP contribution < -0.4 is 5.32 Å². The SMILES string of the molecule is Cc1ccc2nc(Nc3ccccc3C#N)nc(-c3ccccc3)c2c1. The van der Waals surface area contributed by atoms with Crippen LogP contribution in [0.2, 0.25) is 0 Å². The Morgan fingerprint density at radius 2 is 1.65 bits per heavy atom. The van der Waals surface area contributed by atoms with Gasteiger partial charge in [-0.15, -0.1) is 0 Å². The number of hydrogen-bond donors (Lipinski definition) is 1. The van der Waals surface area contributed by atoms with Crippen molar-refractivity contribution in [1.82, 2.24) is 9.97 Å². The molecular formula is C22H16N4. The Balaban J connectivity index is 1.89. The lowest BCUT2D eigenvalue weighted by Crippen LogP contribution is -2.01. The minimum absolute atomic E-state index is 0.475. The number of aromatic nitrogens is 2. The number of fused-ring (bicyclic) bond motifs is 1. The van der Waals surface area contributed by atoms with E-state index in [9.17, 15) is 5.26 Å². The summed E-state index contributed by atoms with van der Waals surface area (Å²) in [5.74, 6) is 0.475. The minimum Gasteiger partial charge on any atom is -0.323 e. The summed E-state index contributed by atoms with van der Waals surface area (Å²) in [6.07, 6.45) is 0. The molecule has 0 saturated heterocycles. The van der Waals surface area contributed by atoms with Crippen molar-refractivity contribution in [3.8, 4) is 17.3 Å². The van der Waals surface area contributed by atoms with Gasteiger partial charge in [-0.1, -0.05) is 54.1 Å². The van der Waals surface area contributed by atoms with Crippen molar-refractivity contribution in [2.45, 2.75) is 6.92 Å². The lowest BCUT2D eigenvalue weighted by molar-refractivity contribution is 1.21. The number of nitriles is 1. The topological polar surface area (TPSA) is 61.6 Å². The maximum absolute atomic E-state index is 9.30. The molecule has 0 aliphatic carbocycles. The van der Waals surface area contributed by atoms with Crippen LogP contribution in [0, 0.1) is 18.3 Å². The van der Waals surface area contributed by atoms with Crippen LogP contribution in [0.15, 0.2) is 72.8 Å². The molecule has 0 atom stereocenters. The van der Waals surface area contributed by atoms with Crippen LogP contribution in [0.1, 0.15) is 11.1 Å². The molecule has 0 saturated carbocycles. The normalized spacial score (nSPS) is 10.5. The predicted octanol–water partition coefficient (Wildman–Crippen LogP) is 5.22. The first-order chi connectivity index (χ1) is 12.7. The van der Waals surface area contributed by atoms with Gasteiger partial charge in [0.2, 0.25) is 5.95 Å². The van der Waals surface area contributed by atoms with Gasteiger partial charge >= 0.3 is 0 Å². The zero-order valence-electron chi connectivity index (χ0n) is 14.3. The molecule has 26 heavy (non-hydrogen) atoms. The van der Waals surface area contributed by atoms with Crippen molar-refractivity contribution in [3.63, 3.8) is 0 Å². The molecule has 1 heterocycles. The van der Waals surface area contributed by atoms with Crippen LogP contribution in [-0.4, -0.2) is 9.97 Å². The fourth-order valence-corrected chi connectivity index (χ4v) is 2.92. The number of nitrogens with one attached hydrogen (secondary N) is 1. The monoisotopic (exact) mass is 336 g/mol. The highest BCUT2D eigenvalue weighted by molar-refractivity contribution is 5.93. The molecule has 0 bridgehead atoms. The van der Waals surface area contributed by atoms with Gasteiger partial charge < -0.3 is 5.32 Å². The molecular weight excluding hydrogens is 320 g/mol. The van der Waals surface area contributed by atoms with Crippen molar-refractivity contribution in [2.24, 2.45) is 0 Å². The second kappa shape index (κ2) is 6.66. The van der Waals surface area contributed by atoms with Gasteiger partial charge in [-0.05, 0) is 31.2 Å². The standard InChI is InChI=1S/C22H16N4/c1-15-11-12-20-18(13-15)21(16-7-3-2-4-8-16)26-22(25-20)24-19-10-6-5-9-17(19)14-23/h2-13H,1H3,(H,24,25,26). The summed E-state index contributed by atoms with van der Waals surface area (Å²) >= 11 is 0. The van der Waals surface area contributed by atoms with Gasteiger partial charge in [-0.3, -0.25) is 0 Å². The van der Waals surface area contributed by atoms with Crippen LogP contribution in [0.4, 0.5) is 11.6 Å². The fraction of sp³-hybridized carbons (Fsp3) is 0.0455. The van der Waals surface area contributed by atoms with E-state index in [2.05, 4.69) is 29.4 Å². The molecule has 0 amide bonds. The van der Waals surface area contributed by atoms with E-state index in [1.807, 2.05) is 60.7 Å². The molecule has 4 aromatic rings. The number of hydrogen-bond acceptors (Lipinski definition) is 4. The number of para-hydroxylation sites is 1. The highest BCUT2D eigenvalue weighted by Crippen LogP contribution is 2.29. The first-order valence-electron chi connectivity index (χ1n) is 8.34. The molecule has 0 aliphatic heterocycles. The second-order valence-corrected chi connectivity index (χ2v) is 6.06. The van der Waals surface area contributed by atoms with E-state index in [0.717, 1.165) is 27.7 Å². The number of anilines is 2. The van der Waals surface area contributed by atoms with Gasteiger partial charge in [0.1, 0.15) is 6.07 Å². The number of rotatable bonds is 3. The van der Waals surface area contributed by atoms with Crippen LogP contribution in [0.3, 0.4) is 0 Å². The predicted molar refractivity (Wildman–Crippen MR) is 104 cm³/mol. The first-order valence-corrected chi connectivity index (χ1v) is 8.34. The lowest BCUT2D eigenvalue weighted by atomic mass is 10.0. The smallest absolute Gasteiger partial charge is 0.228 e. The van der Waals surface area contributed by atoms with E-state index in [1.54, 1.807) is 6.07 Å². The number of nitrogens with zero attached hydrogens (tertiary/aromatic N) is 3. The molecule has 4 rings (SSSR count). The quantitative estimate of drug-likeness (QED) is 0.557. The molecule has 0 radical (unpaired) electrons. The zero-order valence-corrected chi connectivity index (χ0v) is 14.3. The molecule has 1 aromatic heterocycles. The highest BCUT2D eigenvalue weighted by atomic mass is 15.1. The third-order valence-electron chi connectivity index (χ3n) is 4.19. The molecule has 1 N–H and O–H groups in total. The maximum atomic E-state index is 9.30. The summed E-state index contributed by atoms with van der Waals surface area (Å²) in [6, 6.07) is 25.7. The Morgan fingerprint density at radius 1 is 0.885 bits per heavy atom. The molecule has 3 aromatic carbocycles. The third-order valence-corrected chi connectivity index (χ3v) is 4.19. The molecule has 0 fully saturated rings. The minimum atomic E-state index is 0.475. The summed E-state index contributed by atoms with van der Waals surface area (Å²) in [5.41, 5.74) is 5.18. The summed E-state index contributed by atoms with van der Waals surface area (Å²) in [7, 11) is 0. The van der Waals surface area contributed by atoms with E-state index >= 15 is 0 Å². The number of benzene rings is 3. The van der Waals surface area contributed by atoms with Crippen LogP contribution in [0.5, 0.6) is 0 Å². The van der Waals surface area contributed by atoms with Crippen LogP contribution in [-0.2, 0) is 0 Å². The van der Waals surface area contributed by atoms with Crippen LogP contribution in [0.25, 0.3) is 22.2 Å². The number of aryl methyl sites for hydroxylation is 1. The summed E-state index contributed by atoms with van der Waals surface area (Å²) < 4.78 is 0. The largest absolute Gasteiger partial charge is 0.323 e. The molecule has 124 valence electrons. The maximum Gasteiger partial charge on any atom is 0.228 e. The highest BCUT2D eigenvalue weighted by Gasteiger charge is 2.11.